The average Bonchev–Trinajstić information content (AvgIpc) is 2.64. The molecule has 1 aliphatic heterocycles. The highest BCUT2D eigenvalue weighted by Gasteiger charge is 2.32. The molecule has 1 atom stereocenters. The fourth-order valence-electron chi connectivity index (χ4n) is 1.63. The molecule has 1 saturated heterocycles. The monoisotopic (exact) mass is 259 g/mol. The number of rotatable bonds is 6. The van der Waals surface area contributed by atoms with E-state index in [0.717, 1.165) is 0 Å². The maximum atomic E-state index is 11.5. The summed E-state index contributed by atoms with van der Waals surface area (Å²) in [4.78, 5) is 22.5. The van der Waals surface area contributed by atoms with E-state index in [-0.39, 0.29) is 30.8 Å². The zero-order valence-electron chi connectivity index (χ0n) is 11.2. The lowest BCUT2D eigenvalue weighted by molar-refractivity contribution is -0.144. The Balaban J connectivity index is 2.12. The van der Waals surface area contributed by atoms with E-state index >= 15 is 0 Å². The molecule has 1 heterocycles. The SMILES string of the molecule is CCOC(=O)CCC(=O)NCC1COC(C)(C)O1. The van der Waals surface area contributed by atoms with Crippen molar-refractivity contribution in [1.82, 2.24) is 5.32 Å². The predicted octanol–water partition coefficient (Wildman–Crippen LogP) is 0.597. The minimum absolute atomic E-state index is 0.104. The van der Waals surface area contributed by atoms with Crippen molar-refractivity contribution in [2.75, 3.05) is 19.8 Å². The van der Waals surface area contributed by atoms with Crippen molar-refractivity contribution in [3.63, 3.8) is 0 Å². The first-order chi connectivity index (χ1) is 8.43. The van der Waals surface area contributed by atoms with Gasteiger partial charge in [-0.2, -0.15) is 0 Å². The van der Waals surface area contributed by atoms with Crippen LogP contribution in [0.1, 0.15) is 33.6 Å². The van der Waals surface area contributed by atoms with Crippen molar-refractivity contribution in [1.29, 1.82) is 0 Å². The second-order valence-electron chi connectivity index (χ2n) is 4.56. The molecule has 0 aromatic carbocycles. The second-order valence-corrected chi connectivity index (χ2v) is 4.56. The molecule has 0 aromatic heterocycles. The summed E-state index contributed by atoms with van der Waals surface area (Å²) in [6.45, 7) is 6.58. The van der Waals surface area contributed by atoms with Gasteiger partial charge in [0.05, 0.1) is 19.6 Å². The van der Waals surface area contributed by atoms with Crippen LogP contribution < -0.4 is 5.32 Å². The summed E-state index contributed by atoms with van der Waals surface area (Å²) in [7, 11) is 0. The lowest BCUT2D eigenvalue weighted by atomic mass is 10.3. The summed E-state index contributed by atoms with van der Waals surface area (Å²) in [5.74, 6) is -1.12. The van der Waals surface area contributed by atoms with Crippen LogP contribution in [0.2, 0.25) is 0 Å². The minimum atomic E-state index is -0.583. The maximum Gasteiger partial charge on any atom is 0.306 e. The average molecular weight is 259 g/mol. The molecule has 0 spiro atoms. The highest BCUT2D eigenvalue weighted by atomic mass is 16.7. The number of nitrogens with one attached hydrogen (secondary N) is 1. The van der Waals surface area contributed by atoms with Crippen LogP contribution in [0.4, 0.5) is 0 Å². The predicted molar refractivity (Wildman–Crippen MR) is 63.8 cm³/mol. The standard InChI is InChI=1S/C12H21NO5/c1-4-16-11(15)6-5-10(14)13-7-9-8-17-12(2,3)18-9/h9H,4-8H2,1-3H3,(H,13,14). The van der Waals surface area contributed by atoms with Crippen LogP contribution in [0.5, 0.6) is 0 Å². The minimum Gasteiger partial charge on any atom is -0.466 e. The van der Waals surface area contributed by atoms with Crippen molar-refractivity contribution >= 4 is 11.9 Å². The molecular weight excluding hydrogens is 238 g/mol. The van der Waals surface area contributed by atoms with E-state index in [2.05, 4.69) is 5.32 Å². The third-order valence-corrected chi connectivity index (χ3v) is 2.46. The first kappa shape index (κ1) is 14.9. The van der Waals surface area contributed by atoms with Gasteiger partial charge in [-0.3, -0.25) is 9.59 Å². The number of hydrogen-bond acceptors (Lipinski definition) is 5. The Hall–Kier alpha value is -1.14. The number of hydrogen-bond donors (Lipinski definition) is 1. The van der Waals surface area contributed by atoms with E-state index in [4.69, 9.17) is 14.2 Å². The van der Waals surface area contributed by atoms with Crippen molar-refractivity contribution < 1.29 is 23.8 Å². The highest BCUT2D eigenvalue weighted by Crippen LogP contribution is 2.21. The van der Waals surface area contributed by atoms with Gasteiger partial charge in [0.25, 0.3) is 0 Å². The zero-order chi connectivity index (χ0) is 13.6. The smallest absolute Gasteiger partial charge is 0.306 e. The Morgan fingerprint density at radius 2 is 2.11 bits per heavy atom. The molecule has 0 bridgehead atoms. The third kappa shape index (κ3) is 5.46. The van der Waals surface area contributed by atoms with E-state index in [9.17, 15) is 9.59 Å². The second kappa shape index (κ2) is 6.70. The molecule has 18 heavy (non-hydrogen) atoms. The van der Waals surface area contributed by atoms with Crippen LogP contribution in [-0.2, 0) is 23.8 Å². The summed E-state index contributed by atoms with van der Waals surface area (Å²) in [5, 5.41) is 2.71. The molecule has 6 heteroatoms. The van der Waals surface area contributed by atoms with E-state index in [0.29, 0.717) is 19.8 Å². The molecular formula is C12H21NO5. The van der Waals surface area contributed by atoms with E-state index in [1.54, 1.807) is 6.92 Å². The summed E-state index contributed by atoms with van der Waals surface area (Å²) in [5.41, 5.74) is 0. The molecule has 1 aliphatic rings. The van der Waals surface area contributed by atoms with Crippen molar-refractivity contribution in [2.24, 2.45) is 0 Å². The molecule has 0 aliphatic carbocycles. The number of esters is 1. The van der Waals surface area contributed by atoms with E-state index in [1.165, 1.54) is 0 Å². The van der Waals surface area contributed by atoms with Crippen LogP contribution in [0.15, 0.2) is 0 Å². The molecule has 1 amide bonds. The first-order valence-electron chi connectivity index (χ1n) is 6.17. The number of carbonyl (C=O) groups excluding carboxylic acids is 2. The molecule has 104 valence electrons. The molecule has 1 rings (SSSR count). The summed E-state index contributed by atoms with van der Waals surface area (Å²) >= 11 is 0. The molecule has 1 N–H and O–H groups in total. The Morgan fingerprint density at radius 3 is 2.67 bits per heavy atom. The van der Waals surface area contributed by atoms with Gasteiger partial charge in [-0.1, -0.05) is 0 Å². The van der Waals surface area contributed by atoms with Crippen LogP contribution in [0.3, 0.4) is 0 Å². The summed E-state index contributed by atoms with van der Waals surface area (Å²) in [6, 6.07) is 0. The van der Waals surface area contributed by atoms with Gasteiger partial charge >= 0.3 is 5.97 Å². The lowest BCUT2D eigenvalue weighted by Gasteiger charge is -2.17. The molecule has 0 saturated carbocycles. The molecule has 1 unspecified atom stereocenters. The molecule has 0 aromatic rings. The first-order valence-corrected chi connectivity index (χ1v) is 6.17. The number of amides is 1. The van der Waals surface area contributed by atoms with Gasteiger partial charge in [0.15, 0.2) is 5.79 Å². The van der Waals surface area contributed by atoms with Crippen LogP contribution >= 0.6 is 0 Å². The van der Waals surface area contributed by atoms with Crippen molar-refractivity contribution in [3.05, 3.63) is 0 Å². The Morgan fingerprint density at radius 1 is 1.39 bits per heavy atom. The van der Waals surface area contributed by atoms with Crippen LogP contribution in [-0.4, -0.2) is 43.5 Å². The normalized spacial score (nSPS) is 21.6. The molecule has 0 radical (unpaired) electrons. The Labute approximate surface area is 107 Å². The van der Waals surface area contributed by atoms with Gasteiger partial charge < -0.3 is 19.5 Å². The molecule has 1 fully saturated rings. The summed E-state index contributed by atoms with van der Waals surface area (Å²) in [6.07, 6.45) is 0.106. The van der Waals surface area contributed by atoms with Gasteiger partial charge in [-0.05, 0) is 20.8 Å². The van der Waals surface area contributed by atoms with Gasteiger partial charge in [-0.25, -0.2) is 0 Å². The Kier molecular flexibility index (Phi) is 5.55. The zero-order valence-corrected chi connectivity index (χ0v) is 11.2. The third-order valence-electron chi connectivity index (χ3n) is 2.46. The van der Waals surface area contributed by atoms with Crippen molar-refractivity contribution in [3.8, 4) is 0 Å². The van der Waals surface area contributed by atoms with Gasteiger partial charge in [0.1, 0.15) is 6.10 Å². The van der Waals surface area contributed by atoms with Gasteiger partial charge in [0, 0.05) is 13.0 Å². The van der Waals surface area contributed by atoms with Crippen LogP contribution in [0, 0.1) is 0 Å². The number of carbonyl (C=O) groups is 2. The largest absolute Gasteiger partial charge is 0.466 e. The Bertz CT molecular complexity index is 303. The summed E-state index contributed by atoms with van der Waals surface area (Å²) < 4.78 is 15.6. The fourth-order valence-corrected chi connectivity index (χ4v) is 1.63. The molecule has 6 nitrogen and oxygen atoms in total. The number of ether oxygens (including phenoxy) is 3. The van der Waals surface area contributed by atoms with E-state index < -0.39 is 5.79 Å². The lowest BCUT2D eigenvalue weighted by Crippen LogP contribution is -2.34. The maximum absolute atomic E-state index is 11.5. The van der Waals surface area contributed by atoms with Crippen LogP contribution in [0.25, 0.3) is 0 Å². The van der Waals surface area contributed by atoms with E-state index in [1.807, 2.05) is 13.8 Å². The topological polar surface area (TPSA) is 73.9 Å². The fraction of sp³-hybridized carbons (Fsp3) is 0.833. The highest BCUT2D eigenvalue weighted by molar-refractivity contribution is 5.81. The quantitative estimate of drug-likeness (QED) is 0.707. The van der Waals surface area contributed by atoms with Crippen molar-refractivity contribution in [2.45, 2.75) is 45.5 Å². The van der Waals surface area contributed by atoms with Gasteiger partial charge in [0.2, 0.25) is 5.91 Å². The van der Waals surface area contributed by atoms with Gasteiger partial charge in [-0.15, -0.1) is 0 Å².